The molecule has 2 saturated heterocycles. The van der Waals surface area contributed by atoms with Gasteiger partial charge in [-0.3, -0.25) is 14.5 Å². The molecule has 1 N–H and O–H groups in total. The van der Waals surface area contributed by atoms with Crippen molar-refractivity contribution >= 4 is 24.2 Å². The average molecular weight is 381 g/mol. The number of benzene rings is 1. The van der Waals surface area contributed by atoms with E-state index in [-0.39, 0.29) is 24.2 Å². The second-order valence-electron chi connectivity index (χ2n) is 6.88. The molecule has 0 bridgehead atoms. The van der Waals surface area contributed by atoms with Crippen molar-refractivity contribution in [3.63, 3.8) is 0 Å². The first-order valence-corrected chi connectivity index (χ1v) is 9.20. The van der Waals surface area contributed by atoms with E-state index >= 15 is 0 Å². The van der Waals surface area contributed by atoms with E-state index in [0.29, 0.717) is 6.42 Å². The molecule has 0 unspecified atom stereocenters. The Bertz CT molecular complexity index is 594. The number of amides is 2. The van der Waals surface area contributed by atoms with E-state index in [1.807, 2.05) is 41.0 Å². The molecule has 144 valence electrons. The van der Waals surface area contributed by atoms with Gasteiger partial charge in [0, 0.05) is 70.9 Å². The molecule has 2 amide bonds. The van der Waals surface area contributed by atoms with Crippen molar-refractivity contribution in [3.05, 3.63) is 35.4 Å². The number of carbonyl (C=O) groups is 2. The first kappa shape index (κ1) is 20.7. The number of carbonyl (C=O) groups excluding carboxylic acids is 2. The molecular formula is C19H29ClN4O2. The van der Waals surface area contributed by atoms with Crippen molar-refractivity contribution in [1.82, 2.24) is 20.0 Å². The summed E-state index contributed by atoms with van der Waals surface area (Å²) in [5, 5.41) is 3.27. The highest BCUT2D eigenvalue weighted by Gasteiger charge is 2.23. The third kappa shape index (κ3) is 5.43. The van der Waals surface area contributed by atoms with Gasteiger partial charge in [0.2, 0.25) is 5.91 Å². The average Bonchev–Trinajstić information content (AvgIpc) is 2.67. The zero-order valence-corrected chi connectivity index (χ0v) is 16.3. The lowest BCUT2D eigenvalue weighted by Gasteiger charge is -2.35. The molecule has 26 heavy (non-hydrogen) atoms. The summed E-state index contributed by atoms with van der Waals surface area (Å²) in [7, 11) is 0. The Balaban J connectivity index is 0.00000243. The molecule has 2 fully saturated rings. The van der Waals surface area contributed by atoms with Crippen molar-refractivity contribution < 1.29 is 9.59 Å². The summed E-state index contributed by atoms with van der Waals surface area (Å²) >= 11 is 0. The maximum absolute atomic E-state index is 12.5. The summed E-state index contributed by atoms with van der Waals surface area (Å²) < 4.78 is 0. The molecule has 7 heteroatoms. The van der Waals surface area contributed by atoms with Gasteiger partial charge in [-0.15, -0.1) is 12.4 Å². The first-order chi connectivity index (χ1) is 12.1. The molecule has 0 atom stereocenters. The van der Waals surface area contributed by atoms with Gasteiger partial charge in [0.05, 0.1) is 0 Å². The molecule has 2 aliphatic heterocycles. The zero-order chi connectivity index (χ0) is 17.6. The standard InChI is InChI=1S/C19H28N4O2.ClH/c1-16-2-4-17(5-3-16)19(25)23-14-12-21(13-15-23)9-6-18(24)22-10-7-20-8-11-22;/h2-5,20H,6-15H2,1H3;1H. The SMILES string of the molecule is Cc1ccc(C(=O)N2CCN(CCC(=O)N3CCNCC3)CC2)cc1.Cl. The quantitative estimate of drug-likeness (QED) is 0.846. The Labute approximate surface area is 161 Å². The van der Waals surface area contributed by atoms with Gasteiger partial charge < -0.3 is 15.1 Å². The monoisotopic (exact) mass is 380 g/mol. The van der Waals surface area contributed by atoms with Crippen molar-refractivity contribution in [2.75, 3.05) is 58.9 Å². The van der Waals surface area contributed by atoms with Crippen LogP contribution >= 0.6 is 12.4 Å². The van der Waals surface area contributed by atoms with Gasteiger partial charge in [0.25, 0.3) is 5.91 Å². The van der Waals surface area contributed by atoms with Crippen LogP contribution in [-0.4, -0.2) is 85.4 Å². The van der Waals surface area contributed by atoms with Gasteiger partial charge in [-0.25, -0.2) is 0 Å². The molecule has 0 aromatic heterocycles. The van der Waals surface area contributed by atoms with Crippen LogP contribution < -0.4 is 5.32 Å². The Morgan fingerprint density at radius 2 is 1.54 bits per heavy atom. The molecule has 0 aliphatic carbocycles. The summed E-state index contributed by atoms with van der Waals surface area (Å²) in [6, 6.07) is 7.75. The van der Waals surface area contributed by atoms with E-state index < -0.39 is 0 Å². The molecule has 0 saturated carbocycles. The molecule has 1 aromatic carbocycles. The molecule has 3 rings (SSSR count). The molecule has 0 spiro atoms. The summed E-state index contributed by atoms with van der Waals surface area (Å²) in [6.07, 6.45) is 0.575. The minimum absolute atomic E-state index is 0. The number of piperazine rings is 2. The Kier molecular flexibility index (Phi) is 7.87. The van der Waals surface area contributed by atoms with Crippen LogP contribution in [0.25, 0.3) is 0 Å². The third-order valence-corrected chi connectivity index (χ3v) is 5.07. The lowest BCUT2D eigenvalue weighted by molar-refractivity contribution is -0.132. The van der Waals surface area contributed by atoms with E-state index in [1.54, 1.807) is 0 Å². The Morgan fingerprint density at radius 1 is 0.923 bits per heavy atom. The second-order valence-corrected chi connectivity index (χ2v) is 6.88. The van der Waals surface area contributed by atoms with Crippen LogP contribution in [0.2, 0.25) is 0 Å². The fraction of sp³-hybridized carbons (Fsp3) is 0.579. The number of nitrogens with zero attached hydrogens (tertiary/aromatic N) is 3. The highest BCUT2D eigenvalue weighted by Crippen LogP contribution is 2.11. The van der Waals surface area contributed by atoms with Gasteiger partial charge in [0.1, 0.15) is 0 Å². The minimum Gasteiger partial charge on any atom is -0.340 e. The lowest BCUT2D eigenvalue weighted by Crippen LogP contribution is -2.50. The molecular weight excluding hydrogens is 352 g/mol. The van der Waals surface area contributed by atoms with E-state index in [1.165, 1.54) is 0 Å². The predicted molar refractivity (Wildman–Crippen MR) is 105 cm³/mol. The number of aryl methyl sites for hydroxylation is 1. The largest absolute Gasteiger partial charge is 0.340 e. The number of halogens is 1. The van der Waals surface area contributed by atoms with Crippen LogP contribution in [-0.2, 0) is 4.79 Å². The van der Waals surface area contributed by atoms with E-state index in [0.717, 1.165) is 70.0 Å². The van der Waals surface area contributed by atoms with Crippen LogP contribution in [0.5, 0.6) is 0 Å². The summed E-state index contributed by atoms with van der Waals surface area (Å²) in [4.78, 5) is 30.9. The van der Waals surface area contributed by atoms with Crippen molar-refractivity contribution in [2.45, 2.75) is 13.3 Å². The minimum atomic E-state index is 0. The molecule has 2 heterocycles. The number of nitrogens with one attached hydrogen (secondary N) is 1. The smallest absolute Gasteiger partial charge is 0.253 e. The van der Waals surface area contributed by atoms with Gasteiger partial charge in [-0.05, 0) is 19.1 Å². The number of rotatable bonds is 4. The van der Waals surface area contributed by atoms with Crippen LogP contribution in [0.15, 0.2) is 24.3 Å². The van der Waals surface area contributed by atoms with Gasteiger partial charge in [-0.1, -0.05) is 17.7 Å². The van der Waals surface area contributed by atoms with Gasteiger partial charge >= 0.3 is 0 Å². The first-order valence-electron chi connectivity index (χ1n) is 9.20. The fourth-order valence-electron chi connectivity index (χ4n) is 3.38. The second kappa shape index (κ2) is 9.90. The van der Waals surface area contributed by atoms with E-state index in [4.69, 9.17) is 0 Å². The maximum Gasteiger partial charge on any atom is 0.253 e. The topological polar surface area (TPSA) is 55.9 Å². The Morgan fingerprint density at radius 3 is 2.15 bits per heavy atom. The third-order valence-electron chi connectivity index (χ3n) is 5.07. The van der Waals surface area contributed by atoms with E-state index in [9.17, 15) is 9.59 Å². The number of hydrogen-bond donors (Lipinski definition) is 1. The predicted octanol–water partition coefficient (Wildman–Crippen LogP) is 0.997. The maximum atomic E-state index is 12.5. The molecule has 1 aromatic rings. The normalized spacial score (nSPS) is 18.3. The lowest BCUT2D eigenvalue weighted by atomic mass is 10.1. The van der Waals surface area contributed by atoms with Crippen LogP contribution in [0.4, 0.5) is 0 Å². The van der Waals surface area contributed by atoms with E-state index in [2.05, 4.69) is 10.2 Å². The molecule has 2 aliphatic rings. The number of hydrogen-bond acceptors (Lipinski definition) is 4. The van der Waals surface area contributed by atoms with Crippen molar-refractivity contribution in [3.8, 4) is 0 Å². The van der Waals surface area contributed by atoms with Crippen molar-refractivity contribution in [2.24, 2.45) is 0 Å². The Hall–Kier alpha value is -1.63. The van der Waals surface area contributed by atoms with Crippen LogP contribution in [0.3, 0.4) is 0 Å². The molecule has 6 nitrogen and oxygen atoms in total. The summed E-state index contributed by atoms with van der Waals surface area (Å²) in [5.41, 5.74) is 1.92. The highest BCUT2D eigenvalue weighted by molar-refractivity contribution is 5.94. The summed E-state index contributed by atoms with van der Waals surface area (Å²) in [6.45, 7) is 9.37. The van der Waals surface area contributed by atoms with Crippen molar-refractivity contribution in [1.29, 1.82) is 0 Å². The van der Waals surface area contributed by atoms with Crippen LogP contribution in [0.1, 0.15) is 22.3 Å². The molecule has 0 radical (unpaired) electrons. The highest BCUT2D eigenvalue weighted by atomic mass is 35.5. The van der Waals surface area contributed by atoms with Crippen LogP contribution in [0, 0.1) is 6.92 Å². The summed E-state index contributed by atoms with van der Waals surface area (Å²) in [5.74, 6) is 0.358. The zero-order valence-electron chi connectivity index (χ0n) is 15.4. The van der Waals surface area contributed by atoms with Gasteiger partial charge in [-0.2, -0.15) is 0 Å². The fourth-order valence-corrected chi connectivity index (χ4v) is 3.38. The van der Waals surface area contributed by atoms with Gasteiger partial charge in [0.15, 0.2) is 0 Å².